The molecule has 0 aliphatic heterocycles. The van der Waals surface area contributed by atoms with Gasteiger partial charge in [0.15, 0.2) is 0 Å². The molecule has 0 aromatic heterocycles. The largest absolute Gasteiger partial charge is 0.462 e. The number of hydrogen-bond acceptors (Lipinski definition) is 5. The van der Waals surface area contributed by atoms with Crippen LogP contribution in [-0.4, -0.2) is 36.9 Å². The molecule has 0 unspecified atom stereocenters. The Balaban J connectivity index is 3.69. The number of aliphatic hydroxyl groups excluding tert-OH is 1. The van der Waals surface area contributed by atoms with Crippen molar-refractivity contribution < 1.29 is 24.2 Å². The van der Waals surface area contributed by atoms with Gasteiger partial charge in [0, 0.05) is 24.2 Å². The second-order valence-corrected chi connectivity index (χ2v) is 3.81. The molecule has 0 atom stereocenters. The second-order valence-electron chi connectivity index (χ2n) is 3.81. The van der Waals surface area contributed by atoms with E-state index in [0.717, 1.165) is 0 Å². The van der Waals surface area contributed by atoms with Gasteiger partial charge in [0.1, 0.15) is 0 Å². The average Bonchev–Trinajstić information content (AvgIpc) is 2.34. The summed E-state index contributed by atoms with van der Waals surface area (Å²) in [5, 5.41) is 8.59. The Kier molecular flexibility index (Phi) is 8.57. The molecule has 5 nitrogen and oxygen atoms in total. The minimum Gasteiger partial charge on any atom is -0.462 e. The van der Waals surface area contributed by atoms with E-state index in [2.05, 4.69) is 6.58 Å². The fourth-order valence-electron chi connectivity index (χ4n) is 0.990. The van der Waals surface area contributed by atoms with E-state index in [1.807, 2.05) is 0 Å². The molecule has 0 saturated carbocycles. The third kappa shape index (κ3) is 7.62. The third-order valence-corrected chi connectivity index (χ3v) is 2.01. The third-order valence-electron chi connectivity index (χ3n) is 2.01. The molecule has 0 aromatic carbocycles. The number of hydrogen-bond donors (Lipinski definition) is 1. The van der Waals surface area contributed by atoms with Crippen LogP contribution in [0.3, 0.4) is 0 Å². The molecular weight excluding hydrogens is 236 g/mol. The van der Waals surface area contributed by atoms with Gasteiger partial charge in [-0.1, -0.05) is 12.7 Å². The van der Waals surface area contributed by atoms with E-state index >= 15 is 0 Å². The highest BCUT2D eigenvalue weighted by Crippen LogP contribution is 2.00. The topological polar surface area (TPSA) is 72.8 Å². The molecule has 0 saturated heterocycles. The molecule has 0 bridgehead atoms. The number of carbonyl (C=O) groups excluding carboxylic acids is 2. The zero-order chi connectivity index (χ0) is 14.0. The van der Waals surface area contributed by atoms with Crippen LogP contribution in [0, 0.1) is 0 Å². The summed E-state index contributed by atoms with van der Waals surface area (Å²) >= 11 is 0. The summed E-state index contributed by atoms with van der Waals surface area (Å²) < 4.78 is 9.77. The molecule has 0 aromatic rings. The summed E-state index contributed by atoms with van der Waals surface area (Å²) in [6.07, 6.45) is 2.48. The molecular formula is C13H20O5. The van der Waals surface area contributed by atoms with Crippen LogP contribution in [0.4, 0.5) is 0 Å². The standard InChI is InChI=1S/C13H20O5/c1-10(2)12(15)17-8-5-9-18-13(16)11(3)6-4-7-14/h6,14H,1,4-5,7-9H2,2-3H3. The highest BCUT2D eigenvalue weighted by Gasteiger charge is 2.06. The number of esters is 2. The zero-order valence-electron chi connectivity index (χ0n) is 10.9. The highest BCUT2D eigenvalue weighted by molar-refractivity contribution is 5.87. The Bertz CT molecular complexity index is 330. The van der Waals surface area contributed by atoms with Crippen LogP contribution in [0.1, 0.15) is 26.7 Å². The van der Waals surface area contributed by atoms with Crippen molar-refractivity contribution >= 4 is 11.9 Å². The number of ether oxygens (including phenoxy) is 2. The maximum absolute atomic E-state index is 11.4. The van der Waals surface area contributed by atoms with E-state index in [-0.39, 0.29) is 19.8 Å². The summed E-state index contributed by atoms with van der Waals surface area (Å²) in [4.78, 5) is 22.4. The summed E-state index contributed by atoms with van der Waals surface area (Å²) in [6, 6.07) is 0. The number of aliphatic hydroxyl groups is 1. The Morgan fingerprint density at radius 1 is 1.17 bits per heavy atom. The zero-order valence-corrected chi connectivity index (χ0v) is 10.9. The smallest absolute Gasteiger partial charge is 0.333 e. The van der Waals surface area contributed by atoms with Gasteiger partial charge in [-0.25, -0.2) is 9.59 Å². The maximum atomic E-state index is 11.4. The lowest BCUT2D eigenvalue weighted by atomic mass is 10.2. The van der Waals surface area contributed by atoms with Crippen molar-refractivity contribution in [2.75, 3.05) is 19.8 Å². The first-order valence-corrected chi connectivity index (χ1v) is 5.76. The van der Waals surface area contributed by atoms with Crippen molar-refractivity contribution in [3.63, 3.8) is 0 Å². The maximum Gasteiger partial charge on any atom is 0.333 e. The van der Waals surface area contributed by atoms with Gasteiger partial charge in [0.05, 0.1) is 13.2 Å². The van der Waals surface area contributed by atoms with Gasteiger partial charge >= 0.3 is 11.9 Å². The van der Waals surface area contributed by atoms with E-state index in [4.69, 9.17) is 14.6 Å². The minimum absolute atomic E-state index is 0.00146. The molecule has 0 aliphatic carbocycles. The van der Waals surface area contributed by atoms with Crippen molar-refractivity contribution in [2.24, 2.45) is 0 Å². The molecule has 1 N–H and O–H groups in total. The van der Waals surface area contributed by atoms with Crippen molar-refractivity contribution in [2.45, 2.75) is 26.7 Å². The van der Waals surface area contributed by atoms with E-state index < -0.39 is 11.9 Å². The molecule has 5 heteroatoms. The van der Waals surface area contributed by atoms with Crippen LogP contribution in [0.25, 0.3) is 0 Å². The predicted molar refractivity (Wildman–Crippen MR) is 66.8 cm³/mol. The molecule has 0 fully saturated rings. The van der Waals surface area contributed by atoms with Gasteiger partial charge < -0.3 is 14.6 Å². The Hall–Kier alpha value is -1.62. The summed E-state index contributed by atoms with van der Waals surface area (Å²) in [6.45, 7) is 7.02. The van der Waals surface area contributed by atoms with Crippen LogP contribution < -0.4 is 0 Å². The van der Waals surface area contributed by atoms with E-state index in [1.54, 1.807) is 19.9 Å². The molecule has 0 radical (unpaired) electrons. The lowest BCUT2D eigenvalue weighted by Crippen LogP contribution is -2.11. The number of rotatable bonds is 8. The van der Waals surface area contributed by atoms with Crippen molar-refractivity contribution in [3.05, 3.63) is 23.8 Å². The Morgan fingerprint density at radius 3 is 2.22 bits per heavy atom. The number of carbonyl (C=O) groups is 2. The van der Waals surface area contributed by atoms with Gasteiger partial charge in [-0.2, -0.15) is 0 Å². The van der Waals surface area contributed by atoms with Gasteiger partial charge in [-0.3, -0.25) is 0 Å². The van der Waals surface area contributed by atoms with Crippen molar-refractivity contribution in [3.8, 4) is 0 Å². The first-order chi connectivity index (χ1) is 8.49. The van der Waals surface area contributed by atoms with Crippen molar-refractivity contribution in [1.29, 1.82) is 0 Å². The predicted octanol–water partition coefficient (Wildman–Crippen LogP) is 1.37. The van der Waals surface area contributed by atoms with Crippen LogP contribution in [0.15, 0.2) is 23.8 Å². The van der Waals surface area contributed by atoms with Crippen LogP contribution in [0.2, 0.25) is 0 Å². The van der Waals surface area contributed by atoms with Gasteiger partial charge in [0.2, 0.25) is 0 Å². The average molecular weight is 256 g/mol. The SMILES string of the molecule is C=C(C)C(=O)OCCCOC(=O)C(C)=CCCO. The van der Waals surface area contributed by atoms with E-state index in [9.17, 15) is 9.59 Å². The summed E-state index contributed by atoms with van der Waals surface area (Å²) in [7, 11) is 0. The highest BCUT2D eigenvalue weighted by atomic mass is 16.5. The van der Waals surface area contributed by atoms with Crippen molar-refractivity contribution in [1.82, 2.24) is 0 Å². The molecule has 0 heterocycles. The fraction of sp³-hybridized carbons (Fsp3) is 0.538. The molecule has 0 rings (SSSR count). The van der Waals surface area contributed by atoms with Gasteiger partial charge in [0.25, 0.3) is 0 Å². The van der Waals surface area contributed by atoms with E-state index in [0.29, 0.717) is 24.0 Å². The van der Waals surface area contributed by atoms with Crippen LogP contribution in [0.5, 0.6) is 0 Å². The Labute approximate surface area is 107 Å². The quantitative estimate of drug-likeness (QED) is 0.403. The van der Waals surface area contributed by atoms with Gasteiger partial charge in [-0.05, 0) is 20.3 Å². The first-order valence-electron chi connectivity index (χ1n) is 5.76. The first kappa shape index (κ1) is 16.4. The van der Waals surface area contributed by atoms with Gasteiger partial charge in [-0.15, -0.1) is 0 Å². The molecule has 0 amide bonds. The second kappa shape index (κ2) is 9.41. The summed E-state index contributed by atoms with van der Waals surface area (Å²) in [5.41, 5.74) is 0.803. The fourth-order valence-corrected chi connectivity index (χ4v) is 0.990. The molecule has 102 valence electrons. The van der Waals surface area contributed by atoms with Crippen LogP contribution in [-0.2, 0) is 19.1 Å². The Morgan fingerprint density at radius 2 is 1.72 bits per heavy atom. The monoisotopic (exact) mass is 256 g/mol. The molecule has 0 spiro atoms. The lowest BCUT2D eigenvalue weighted by Gasteiger charge is -2.06. The molecule has 18 heavy (non-hydrogen) atoms. The molecule has 0 aliphatic rings. The normalized spacial score (nSPS) is 10.9. The minimum atomic E-state index is -0.444. The van der Waals surface area contributed by atoms with E-state index in [1.165, 1.54) is 0 Å². The van der Waals surface area contributed by atoms with Crippen LogP contribution >= 0.6 is 0 Å². The lowest BCUT2D eigenvalue weighted by molar-refractivity contribution is -0.141. The summed E-state index contributed by atoms with van der Waals surface area (Å²) in [5.74, 6) is -0.866.